The van der Waals surface area contributed by atoms with Gasteiger partial charge < -0.3 is 24.8 Å². The van der Waals surface area contributed by atoms with Crippen LogP contribution in [-0.4, -0.2) is 36.8 Å². The Labute approximate surface area is 151 Å². The normalized spacial score (nSPS) is 16.0. The van der Waals surface area contributed by atoms with Crippen molar-refractivity contribution in [2.45, 2.75) is 19.2 Å². The van der Waals surface area contributed by atoms with E-state index in [9.17, 15) is 14.3 Å². The summed E-state index contributed by atoms with van der Waals surface area (Å²) in [6.07, 6.45) is -0.875. The molecule has 0 unspecified atom stereocenters. The average molecular weight is 360 g/mol. The summed E-state index contributed by atoms with van der Waals surface area (Å²) in [6, 6.07) is 9.10. The maximum Gasteiger partial charge on any atom is 0.318 e. The van der Waals surface area contributed by atoms with Gasteiger partial charge >= 0.3 is 6.03 Å². The van der Waals surface area contributed by atoms with E-state index in [4.69, 9.17) is 9.47 Å². The zero-order valence-electron chi connectivity index (χ0n) is 14.7. The van der Waals surface area contributed by atoms with Crippen LogP contribution in [0.5, 0.6) is 11.5 Å². The highest BCUT2D eigenvalue weighted by atomic mass is 19.1. The van der Waals surface area contributed by atoms with E-state index in [-0.39, 0.29) is 24.9 Å². The molecule has 0 aliphatic carbocycles. The minimum absolute atomic E-state index is 0.145. The summed E-state index contributed by atoms with van der Waals surface area (Å²) < 4.78 is 23.6. The molecule has 0 bridgehead atoms. The number of β-amino-alcohol motifs (C(OH)–C–C–N with tert-alkyl or cyclic N) is 1. The van der Waals surface area contributed by atoms with Crippen molar-refractivity contribution in [1.82, 2.24) is 10.2 Å². The van der Waals surface area contributed by atoms with Gasteiger partial charge in [-0.1, -0.05) is 12.1 Å². The Kier molecular flexibility index (Phi) is 5.27. The predicted molar refractivity (Wildman–Crippen MR) is 93.6 cm³/mol. The van der Waals surface area contributed by atoms with Gasteiger partial charge in [0.05, 0.1) is 27.3 Å². The molecule has 138 valence electrons. The fourth-order valence-corrected chi connectivity index (χ4v) is 3.12. The molecule has 0 spiro atoms. The lowest BCUT2D eigenvalue weighted by atomic mass is 9.95. The van der Waals surface area contributed by atoms with Crippen LogP contribution in [0.2, 0.25) is 0 Å². The molecule has 1 aliphatic rings. The third-order valence-corrected chi connectivity index (χ3v) is 4.43. The first-order valence-corrected chi connectivity index (χ1v) is 8.22. The highest BCUT2D eigenvalue weighted by Gasteiger charge is 2.31. The van der Waals surface area contributed by atoms with Gasteiger partial charge in [-0.05, 0) is 29.8 Å². The fraction of sp³-hybridized carbons (Fsp3) is 0.316. The van der Waals surface area contributed by atoms with E-state index in [0.717, 1.165) is 11.1 Å². The number of carbonyl (C=O) groups excluding carboxylic acids is 1. The molecule has 3 rings (SSSR count). The monoisotopic (exact) mass is 360 g/mol. The number of rotatable bonds is 4. The van der Waals surface area contributed by atoms with Gasteiger partial charge in [-0.15, -0.1) is 0 Å². The number of urea groups is 1. The van der Waals surface area contributed by atoms with Crippen LogP contribution < -0.4 is 14.8 Å². The van der Waals surface area contributed by atoms with E-state index in [1.807, 2.05) is 0 Å². The maximum absolute atomic E-state index is 12.9. The van der Waals surface area contributed by atoms with Crippen molar-refractivity contribution in [2.24, 2.45) is 0 Å². The van der Waals surface area contributed by atoms with Crippen molar-refractivity contribution in [3.63, 3.8) is 0 Å². The third kappa shape index (κ3) is 3.57. The minimum atomic E-state index is -0.875. The van der Waals surface area contributed by atoms with Gasteiger partial charge in [0.1, 0.15) is 23.4 Å². The molecule has 26 heavy (non-hydrogen) atoms. The van der Waals surface area contributed by atoms with Crippen molar-refractivity contribution in [3.05, 3.63) is 58.9 Å². The van der Waals surface area contributed by atoms with Gasteiger partial charge in [-0.25, -0.2) is 9.18 Å². The van der Waals surface area contributed by atoms with E-state index >= 15 is 0 Å². The number of ether oxygens (including phenoxy) is 2. The zero-order valence-corrected chi connectivity index (χ0v) is 14.7. The van der Waals surface area contributed by atoms with Crippen LogP contribution in [0.25, 0.3) is 0 Å². The van der Waals surface area contributed by atoms with Crippen LogP contribution in [0.3, 0.4) is 0 Å². The van der Waals surface area contributed by atoms with Crippen molar-refractivity contribution in [3.8, 4) is 11.5 Å². The van der Waals surface area contributed by atoms with Gasteiger partial charge in [0.25, 0.3) is 0 Å². The van der Waals surface area contributed by atoms with Crippen LogP contribution in [0, 0.1) is 5.82 Å². The zero-order chi connectivity index (χ0) is 18.7. The van der Waals surface area contributed by atoms with Crippen molar-refractivity contribution in [1.29, 1.82) is 0 Å². The first-order chi connectivity index (χ1) is 12.5. The Morgan fingerprint density at radius 2 is 1.85 bits per heavy atom. The van der Waals surface area contributed by atoms with Crippen LogP contribution in [0.1, 0.15) is 22.8 Å². The first-order valence-electron chi connectivity index (χ1n) is 8.22. The molecule has 0 aromatic heterocycles. The lowest BCUT2D eigenvalue weighted by molar-refractivity contribution is 0.100. The second-order valence-corrected chi connectivity index (χ2v) is 6.04. The van der Waals surface area contributed by atoms with Crippen molar-refractivity contribution >= 4 is 6.03 Å². The summed E-state index contributed by atoms with van der Waals surface area (Å²) in [5.74, 6) is 0.840. The van der Waals surface area contributed by atoms with Gasteiger partial charge in [-0.3, -0.25) is 0 Å². The second-order valence-electron chi connectivity index (χ2n) is 6.04. The topological polar surface area (TPSA) is 71.0 Å². The molecule has 2 amide bonds. The van der Waals surface area contributed by atoms with Crippen LogP contribution >= 0.6 is 0 Å². The summed E-state index contributed by atoms with van der Waals surface area (Å²) in [7, 11) is 3.08. The Balaban J connectivity index is 1.75. The van der Waals surface area contributed by atoms with Gasteiger partial charge in [-0.2, -0.15) is 0 Å². The molecule has 2 N–H and O–H groups in total. The first kappa shape index (κ1) is 18.0. The Morgan fingerprint density at radius 1 is 1.19 bits per heavy atom. The standard InChI is InChI=1S/C19H21FN2O4/c1-25-16-7-8-17(26-2)18-14(16)10-22(11-15(18)23)19(24)21-9-12-3-5-13(20)6-4-12/h3-8,15,23H,9-11H2,1-2H3,(H,21,24)/t15-/m0/s1. The molecule has 0 radical (unpaired) electrons. The number of nitrogens with zero attached hydrogens (tertiary/aromatic N) is 1. The number of amides is 2. The minimum Gasteiger partial charge on any atom is -0.496 e. The number of hydrogen-bond acceptors (Lipinski definition) is 4. The highest BCUT2D eigenvalue weighted by Crippen LogP contribution is 2.39. The summed E-state index contributed by atoms with van der Waals surface area (Å²) in [6.45, 7) is 0.710. The van der Waals surface area contributed by atoms with Crippen LogP contribution in [0.15, 0.2) is 36.4 Å². The highest BCUT2D eigenvalue weighted by molar-refractivity contribution is 5.75. The van der Waals surface area contributed by atoms with E-state index in [1.165, 1.54) is 24.1 Å². The number of benzene rings is 2. The number of carbonyl (C=O) groups is 1. The van der Waals surface area contributed by atoms with Crippen LogP contribution in [0.4, 0.5) is 9.18 Å². The molecule has 7 heteroatoms. The van der Waals surface area contributed by atoms with E-state index < -0.39 is 6.10 Å². The van der Waals surface area contributed by atoms with Gasteiger partial charge in [0.2, 0.25) is 0 Å². The van der Waals surface area contributed by atoms with Crippen LogP contribution in [-0.2, 0) is 13.1 Å². The number of aliphatic hydroxyl groups excluding tert-OH is 1. The smallest absolute Gasteiger partial charge is 0.318 e. The number of halogens is 1. The SMILES string of the molecule is COc1ccc(OC)c2c1CN(C(=O)NCc1ccc(F)cc1)C[C@@H]2O. The molecule has 1 atom stereocenters. The molecule has 0 saturated carbocycles. The molecular weight excluding hydrogens is 339 g/mol. The largest absolute Gasteiger partial charge is 0.496 e. The number of aliphatic hydroxyl groups is 1. The number of nitrogens with one attached hydrogen (secondary N) is 1. The number of fused-ring (bicyclic) bond motifs is 1. The second kappa shape index (κ2) is 7.61. The molecule has 1 aliphatic heterocycles. The summed E-state index contributed by atoms with van der Waals surface area (Å²) in [5, 5.41) is 13.3. The molecule has 2 aromatic carbocycles. The lowest BCUT2D eigenvalue weighted by Gasteiger charge is -2.34. The molecular formula is C19H21FN2O4. The average Bonchev–Trinajstić information content (AvgIpc) is 2.66. The Hall–Kier alpha value is -2.80. The van der Waals surface area contributed by atoms with Crippen molar-refractivity contribution < 1.29 is 23.8 Å². The van der Waals surface area contributed by atoms with Gasteiger partial charge in [0.15, 0.2) is 0 Å². The van der Waals surface area contributed by atoms with Crippen molar-refractivity contribution in [2.75, 3.05) is 20.8 Å². The number of methoxy groups -OCH3 is 2. The number of hydrogen-bond donors (Lipinski definition) is 2. The summed E-state index contributed by atoms with van der Waals surface area (Å²) in [5.41, 5.74) is 2.16. The molecule has 0 fully saturated rings. The van der Waals surface area contributed by atoms with Gasteiger partial charge in [0, 0.05) is 17.7 Å². The maximum atomic E-state index is 12.9. The molecule has 1 heterocycles. The van der Waals surface area contributed by atoms with E-state index in [0.29, 0.717) is 23.6 Å². The summed E-state index contributed by atoms with van der Waals surface area (Å²) in [4.78, 5) is 14.0. The molecule has 6 nitrogen and oxygen atoms in total. The molecule has 0 saturated heterocycles. The third-order valence-electron chi connectivity index (χ3n) is 4.43. The quantitative estimate of drug-likeness (QED) is 0.879. The Morgan fingerprint density at radius 3 is 2.50 bits per heavy atom. The Bertz CT molecular complexity index is 795. The van der Waals surface area contributed by atoms with E-state index in [1.54, 1.807) is 31.4 Å². The predicted octanol–water partition coefficient (Wildman–Crippen LogP) is 2.60. The fourth-order valence-electron chi connectivity index (χ4n) is 3.12. The molecule has 2 aromatic rings. The summed E-state index contributed by atoms with van der Waals surface area (Å²) >= 11 is 0. The lowest BCUT2D eigenvalue weighted by Crippen LogP contribution is -2.44. The van der Waals surface area contributed by atoms with E-state index in [2.05, 4.69) is 5.32 Å².